The van der Waals surface area contributed by atoms with E-state index in [1.807, 2.05) is 103 Å². The van der Waals surface area contributed by atoms with Crippen molar-refractivity contribution in [3.63, 3.8) is 0 Å². The van der Waals surface area contributed by atoms with Crippen LogP contribution in [0.4, 0.5) is 34.1 Å². The van der Waals surface area contributed by atoms with Crippen molar-refractivity contribution in [1.29, 1.82) is 21.0 Å². The molecular weight excluding hydrogens is 1010 g/mol. The number of anilines is 6. The van der Waals surface area contributed by atoms with E-state index in [1.54, 1.807) is 24.3 Å². The van der Waals surface area contributed by atoms with Gasteiger partial charge in [0.15, 0.2) is 5.82 Å². The van der Waals surface area contributed by atoms with E-state index in [-0.39, 0.29) is 0 Å². The Balaban J connectivity index is 0.878. The number of fused-ring (bicyclic) bond motifs is 3. The second-order valence-electron chi connectivity index (χ2n) is 19.9. The maximum atomic E-state index is 10.8. The SMILES string of the molecule is N#Cc1ccc(-c2cc(-c3ccc(-c4cc(C#N)c(-c5ccc(-n6c7ccc(N(c8ccccc8)c8ccccc8)cc7c7cc(N(c8ccccc8)c8ccccc8)ccc76)cc5)c(C#N)c4)cc3)nc(-c3ccc(C#N)cc3)n2)cc1. The van der Waals surface area contributed by atoms with Crippen molar-refractivity contribution in [2.45, 2.75) is 0 Å². The third-order valence-corrected chi connectivity index (χ3v) is 14.9. The van der Waals surface area contributed by atoms with Gasteiger partial charge in [-0.1, -0.05) is 121 Å². The van der Waals surface area contributed by atoms with Gasteiger partial charge in [0, 0.05) is 72.8 Å². The zero-order valence-corrected chi connectivity index (χ0v) is 44.5. The molecule has 0 unspecified atom stereocenters. The standard InChI is InChI=1S/C74H45N9/c75-46-50-21-25-53(26-22-50)69-45-70(80-74(79-69)56-27-23-51(47-76)24-28-56)54-31-29-52(30-32-54)57-41-58(48-77)73(59(42-57)49-78)55-33-35-64(36-34-55)83-71-39-37-65(81(60-13-5-1-6-14-60)61-15-7-2-8-16-61)43-67(71)68-44-66(38-40-72(68)83)82(62-17-9-3-10-18-62)63-19-11-4-12-20-63/h1-45H. The Hall–Kier alpha value is -12.1. The summed E-state index contributed by atoms with van der Waals surface area (Å²) < 4.78 is 2.29. The van der Waals surface area contributed by atoms with Crippen molar-refractivity contribution in [1.82, 2.24) is 14.5 Å². The highest BCUT2D eigenvalue weighted by Crippen LogP contribution is 2.44. The van der Waals surface area contributed by atoms with Crippen LogP contribution in [0.3, 0.4) is 0 Å². The molecule has 11 aromatic carbocycles. The third-order valence-electron chi connectivity index (χ3n) is 14.9. The number of rotatable bonds is 12. The normalized spacial score (nSPS) is 10.8. The molecule has 386 valence electrons. The molecule has 0 atom stereocenters. The minimum atomic E-state index is 0.380. The topological polar surface area (TPSA) is 132 Å². The van der Waals surface area contributed by atoms with Gasteiger partial charge in [-0.15, -0.1) is 0 Å². The zero-order valence-electron chi connectivity index (χ0n) is 44.5. The molecule has 0 amide bonds. The summed E-state index contributed by atoms with van der Waals surface area (Å²) in [5.41, 5.74) is 17.6. The van der Waals surface area contributed by atoms with E-state index in [1.165, 1.54) is 0 Å². The van der Waals surface area contributed by atoms with Gasteiger partial charge in [0.25, 0.3) is 0 Å². The van der Waals surface area contributed by atoms with Crippen LogP contribution in [0.25, 0.3) is 83.6 Å². The molecule has 9 heteroatoms. The summed E-state index contributed by atoms with van der Waals surface area (Å²) in [6.07, 6.45) is 0. The minimum Gasteiger partial charge on any atom is -0.310 e. The molecule has 0 N–H and O–H groups in total. The second-order valence-corrected chi connectivity index (χ2v) is 19.9. The monoisotopic (exact) mass is 1060 g/mol. The number of hydrogen-bond acceptors (Lipinski definition) is 8. The van der Waals surface area contributed by atoms with E-state index >= 15 is 0 Å². The lowest BCUT2D eigenvalue weighted by Gasteiger charge is -2.26. The third kappa shape index (κ3) is 9.73. The van der Waals surface area contributed by atoms with Gasteiger partial charge in [-0.2, -0.15) is 21.0 Å². The molecule has 2 heterocycles. The first-order valence-corrected chi connectivity index (χ1v) is 26.9. The molecule has 9 nitrogen and oxygen atoms in total. The molecule has 0 bridgehead atoms. The van der Waals surface area contributed by atoms with E-state index in [0.29, 0.717) is 45.0 Å². The maximum absolute atomic E-state index is 10.8. The molecule has 13 rings (SSSR count). The van der Waals surface area contributed by atoms with Crippen LogP contribution in [0.15, 0.2) is 273 Å². The molecule has 0 saturated carbocycles. The number of aromatic nitrogens is 3. The van der Waals surface area contributed by atoms with Crippen LogP contribution in [0.2, 0.25) is 0 Å². The fraction of sp³-hybridized carbons (Fsp3) is 0. The van der Waals surface area contributed by atoms with Crippen molar-refractivity contribution in [2.24, 2.45) is 0 Å². The van der Waals surface area contributed by atoms with Crippen LogP contribution < -0.4 is 9.80 Å². The largest absolute Gasteiger partial charge is 0.310 e. The van der Waals surface area contributed by atoms with Crippen molar-refractivity contribution < 1.29 is 0 Å². The number of hydrogen-bond donors (Lipinski definition) is 0. The second kappa shape index (κ2) is 21.9. The molecule has 0 spiro atoms. The van der Waals surface area contributed by atoms with Crippen LogP contribution in [-0.4, -0.2) is 14.5 Å². The molecule has 2 aromatic heterocycles. The summed E-state index contributed by atoms with van der Waals surface area (Å²) in [6.45, 7) is 0. The maximum Gasteiger partial charge on any atom is 0.160 e. The molecule has 13 aromatic rings. The molecule has 0 aliphatic heterocycles. The Labute approximate surface area is 480 Å². The lowest BCUT2D eigenvalue weighted by Crippen LogP contribution is -2.09. The summed E-state index contributed by atoms with van der Waals surface area (Å²) in [4.78, 5) is 14.4. The number of para-hydroxylation sites is 4. The smallest absolute Gasteiger partial charge is 0.160 e. The molecule has 0 aliphatic rings. The van der Waals surface area contributed by atoms with Gasteiger partial charge in [0.05, 0.1) is 69.0 Å². The van der Waals surface area contributed by atoms with E-state index in [4.69, 9.17) is 9.97 Å². The average molecular weight is 1060 g/mol. The first-order valence-electron chi connectivity index (χ1n) is 26.9. The van der Waals surface area contributed by atoms with Gasteiger partial charge in [0.1, 0.15) is 0 Å². The first-order chi connectivity index (χ1) is 40.9. The fourth-order valence-electron chi connectivity index (χ4n) is 10.9. The van der Waals surface area contributed by atoms with Gasteiger partial charge in [-0.05, 0) is 168 Å². The highest BCUT2D eigenvalue weighted by molar-refractivity contribution is 6.12. The summed E-state index contributed by atoms with van der Waals surface area (Å²) in [6, 6.07) is 100. The Bertz CT molecular complexity index is 4400. The average Bonchev–Trinajstić information content (AvgIpc) is 2.70. The van der Waals surface area contributed by atoms with E-state index in [2.05, 4.69) is 184 Å². The Kier molecular flexibility index (Phi) is 13.3. The zero-order chi connectivity index (χ0) is 56.2. The van der Waals surface area contributed by atoms with Crippen LogP contribution in [0, 0.1) is 45.3 Å². The van der Waals surface area contributed by atoms with Gasteiger partial charge in [-0.3, -0.25) is 0 Å². The first kappa shape index (κ1) is 50.4. The summed E-state index contributed by atoms with van der Waals surface area (Å²) in [5.74, 6) is 0.485. The van der Waals surface area contributed by atoms with Crippen molar-refractivity contribution in [3.8, 4) is 86.1 Å². The van der Waals surface area contributed by atoms with Gasteiger partial charge >= 0.3 is 0 Å². The van der Waals surface area contributed by atoms with Gasteiger partial charge in [-0.25, -0.2) is 9.97 Å². The summed E-state index contributed by atoms with van der Waals surface area (Å²) in [7, 11) is 0. The predicted molar refractivity (Wildman–Crippen MR) is 332 cm³/mol. The Morgan fingerprint density at radius 1 is 0.301 bits per heavy atom. The van der Waals surface area contributed by atoms with Crippen molar-refractivity contribution in [2.75, 3.05) is 9.80 Å². The quantitative estimate of drug-likeness (QED) is 0.118. The van der Waals surface area contributed by atoms with Crippen molar-refractivity contribution in [3.05, 3.63) is 295 Å². The summed E-state index contributed by atoms with van der Waals surface area (Å²) >= 11 is 0. The van der Waals surface area contributed by atoms with Gasteiger partial charge in [0.2, 0.25) is 0 Å². The van der Waals surface area contributed by atoms with E-state index in [0.717, 1.165) is 95.0 Å². The highest BCUT2D eigenvalue weighted by Gasteiger charge is 2.22. The van der Waals surface area contributed by atoms with Crippen molar-refractivity contribution >= 4 is 55.9 Å². The highest BCUT2D eigenvalue weighted by atomic mass is 15.1. The van der Waals surface area contributed by atoms with E-state index < -0.39 is 0 Å². The molecule has 0 aliphatic carbocycles. The number of nitrogens with zero attached hydrogens (tertiary/aromatic N) is 9. The lowest BCUT2D eigenvalue weighted by molar-refractivity contribution is 1.18. The molecular formula is C74H45N9. The molecule has 0 saturated heterocycles. The fourth-order valence-corrected chi connectivity index (χ4v) is 10.9. The van der Waals surface area contributed by atoms with Gasteiger partial charge < -0.3 is 14.4 Å². The van der Waals surface area contributed by atoms with Crippen LogP contribution in [-0.2, 0) is 0 Å². The minimum absolute atomic E-state index is 0.380. The van der Waals surface area contributed by atoms with Crippen LogP contribution >= 0.6 is 0 Å². The van der Waals surface area contributed by atoms with Crippen LogP contribution in [0.1, 0.15) is 22.3 Å². The van der Waals surface area contributed by atoms with Crippen LogP contribution in [0.5, 0.6) is 0 Å². The predicted octanol–water partition coefficient (Wildman–Crippen LogP) is 18.3. The molecule has 0 fully saturated rings. The number of nitriles is 4. The summed E-state index contributed by atoms with van der Waals surface area (Å²) in [5, 5.41) is 42.6. The Morgan fingerprint density at radius 3 is 1.07 bits per heavy atom. The Morgan fingerprint density at radius 2 is 0.675 bits per heavy atom. The molecule has 83 heavy (non-hydrogen) atoms. The number of benzene rings is 11. The lowest BCUT2D eigenvalue weighted by atomic mass is 9.90. The van der Waals surface area contributed by atoms with E-state index in [9.17, 15) is 21.0 Å². The molecule has 0 radical (unpaired) electrons.